The Balaban J connectivity index is 1.85. The summed E-state index contributed by atoms with van der Waals surface area (Å²) in [6.45, 7) is 0. The lowest BCUT2D eigenvalue weighted by atomic mass is 10.0. The molecule has 0 aliphatic rings. The topological polar surface area (TPSA) is 220 Å². The molecule has 3 amide bonds. The molecule has 0 aliphatic heterocycles. The normalized spacial score (nSPS) is 13.8. The van der Waals surface area contributed by atoms with Gasteiger partial charge in [-0.1, -0.05) is 24.3 Å². The van der Waals surface area contributed by atoms with E-state index in [0.29, 0.717) is 16.8 Å². The Bertz CT molecular complexity index is 1320. The van der Waals surface area contributed by atoms with E-state index in [9.17, 15) is 34.5 Å². The van der Waals surface area contributed by atoms with E-state index in [1.807, 2.05) is 0 Å². The Hall–Kier alpha value is -4.56. The average Bonchev–Trinajstić information content (AvgIpc) is 3.46. The van der Waals surface area contributed by atoms with E-state index in [4.69, 9.17) is 5.73 Å². The summed E-state index contributed by atoms with van der Waals surface area (Å²) in [5.74, 6) is -3.38. The van der Waals surface area contributed by atoms with E-state index in [2.05, 4.69) is 38.5 Å². The SMILES string of the molecule is NC(CS)C(=O)NC(Cc1ccc(O)cc1)C(=O)NC(Cc1ccc(O)cc1)C(=O)NC(Cc1cnc[nH]1)C(=O)O. The molecule has 218 valence electrons. The Kier molecular flexibility index (Phi) is 11.1. The first-order valence-electron chi connectivity index (χ1n) is 12.6. The second-order valence-corrected chi connectivity index (χ2v) is 9.70. The van der Waals surface area contributed by atoms with Crippen LogP contribution in [-0.4, -0.2) is 78.9 Å². The number of phenols is 2. The molecule has 0 spiro atoms. The number of imidazole rings is 1. The molecular formula is C27H32N6O7S. The van der Waals surface area contributed by atoms with Crippen molar-refractivity contribution in [3.63, 3.8) is 0 Å². The molecule has 1 aromatic heterocycles. The van der Waals surface area contributed by atoms with Crippen LogP contribution < -0.4 is 21.7 Å². The van der Waals surface area contributed by atoms with Gasteiger partial charge >= 0.3 is 5.97 Å². The monoisotopic (exact) mass is 584 g/mol. The smallest absolute Gasteiger partial charge is 0.326 e. The molecule has 0 radical (unpaired) electrons. The number of H-pyrrole nitrogens is 1. The van der Waals surface area contributed by atoms with Gasteiger partial charge in [0.05, 0.1) is 12.4 Å². The lowest BCUT2D eigenvalue weighted by Gasteiger charge is -2.25. The van der Waals surface area contributed by atoms with Gasteiger partial charge in [-0.2, -0.15) is 12.6 Å². The highest BCUT2D eigenvalue weighted by Crippen LogP contribution is 2.14. The lowest BCUT2D eigenvalue weighted by Crippen LogP contribution is -2.58. The highest BCUT2D eigenvalue weighted by molar-refractivity contribution is 7.80. The molecule has 0 saturated heterocycles. The maximum absolute atomic E-state index is 13.5. The van der Waals surface area contributed by atoms with Gasteiger partial charge in [0.1, 0.15) is 29.6 Å². The number of benzene rings is 2. The summed E-state index contributed by atoms with van der Waals surface area (Å²) in [6, 6.07) is 7.20. The van der Waals surface area contributed by atoms with Crippen LogP contribution in [0.25, 0.3) is 0 Å². The number of aliphatic carboxylic acids is 1. The second-order valence-electron chi connectivity index (χ2n) is 9.33. The molecule has 4 atom stereocenters. The molecular weight excluding hydrogens is 552 g/mol. The standard InChI is InChI=1S/C27H32N6O7S/c28-20(13-41)24(36)31-21(9-15-1-5-18(34)6-2-15)25(37)32-22(10-16-3-7-19(35)8-4-16)26(38)33-23(27(39)40)11-17-12-29-14-30-17/h1-8,12,14,20-23,34-35,41H,9-11,13,28H2,(H,29,30)(H,31,36)(H,32,37)(H,33,38)(H,39,40). The largest absolute Gasteiger partial charge is 0.508 e. The van der Waals surface area contributed by atoms with E-state index < -0.39 is 47.9 Å². The van der Waals surface area contributed by atoms with Gasteiger partial charge in [0.2, 0.25) is 17.7 Å². The van der Waals surface area contributed by atoms with Gasteiger partial charge in [0, 0.05) is 36.9 Å². The summed E-state index contributed by atoms with van der Waals surface area (Å²) in [5.41, 5.74) is 7.43. The number of nitrogens with two attached hydrogens (primary N) is 1. The van der Waals surface area contributed by atoms with Crippen molar-refractivity contribution in [3.8, 4) is 11.5 Å². The molecule has 0 bridgehead atoms. The number of carbonyl (C=O) groups is 4. The van der Waals surface area contributed by atoms with E-state index in [0.717, 1.165) is 0 Å². The van der Waals surface area contributed by atoms with Crippen LogP contribution in [0.1, 0.15) is 16.8 Å². The number of hydrogen-bond donors (Lipinski definition) is 9. The summed E-state index contributed by atoms with van der Waals surface area (Å²) < 4.78 is 0. The number of aromatic nitrogens is 2. The molecule has 3 rings (SSSR count). The van der Waals surface area contributed by atoms with Gasteiger partial charge in [-0.15, -0.1) is 0 Å². The van der Waals surface area contributed by atoms with Crippen LogP contribution in [0.3, 0.4) is 0 Å². The molecule has 0 aliphatic carbocycles. The van der Waals surface area contributed by atoms with Gasteiger partial charge < -0.3 is 42.0 Å². The van der Waals surface area contributed by atoms with Crippen molar-refractivity contribution in [2.75, 3.05) is 5.75 Å². The highest BCUT2D eigenvalue weighted by atomic mass is 32.1. The van der Waals surface area contributed by atoms with Crippen molar-refractivity contribution < 1.29 is 34.5 Å². The zero-order valence-electron chi connectivity index (χ0n) is 21.9. The molecule has 4 unspecified atom stereocenters. The van der Waals surface area contributed by atoms with Crippen molar-refractivity contribution in [1.82, 2.24) is 25.9 Å². The maximum atomic E-state index is 13.5. The number of carboxylic acids is 1. The van der Waals surface area contributed by atoms with Crippen LogP contribution in [0.4, 0.5) is 0 Å². The summed E-state index contributed by atoms with van der Waals surface area (Å²) in [5, 5.41) is 36.6. The molecule has 0 fully saturated rings. The number of thiol groups is 1. The van der Waals surface area contributed by atoms with Crippen molar-refractivity contribution in [3.05, 3.63) is 77.9 Å². The van der Waals surface area contributed by atoms with Gasteiger partial charge in [0.25, 0.3) is 0 Å². The number of hydrogen-bond acceptors (Lipinski definition) is 9. The Morgan fingerprint density at radius 1 is 0.780 bits per heavy atom. The average molecular weight is 585 g/mol. The maximum Gasteiger partial charge on any atom is 0.326 e. The first kappa shape index (κ1) is 31.0. The first-order chi connectivity index (χ1) is 19.5. The molecule has 14 heteroatoms. The summed E-state index contributed by atoms with van der Waals surface area (Å²) in [6.07, 6.45) is 2.69. The van der Waals surface area contributed by atoms with Crippen LogP contribution in [0, 0.1) is 0 Å². The fraction of sp³-hybridized carbons (Fsp3) is 0.296. The quantitative estimate of drug-likeness (QED) is 0.113. The van der Waals surface area contributed by atoms with Gasteiger partial charge in [0.15, 0.2) is 0 Å². The summed E-state index contributed by atoms with van der Waals surface area (Å²) >= 11 is 4.03. The van der Waals surface area contributed by atoms with E-state index >= 15 is 0 Å². The minimum atomic E-state index is -1.33. The number of aromatic amines is 1. The summed E-state index contributed by atoms with van der Waals surface area (Å²) in [7, 11) is 0. The zero-order valence-corrected chi connectivity index (χ0v) is 22.8. The predicted molar refractivity (Wildman–Crippen MR) is 151 cm³/mol. The van der Waals surface area contributed by atoms with Gasteiger partial charge in [-0.25, -0.2) is 9.78 Å². The third-order valence-corrected chi connectivity index (χ3v) is 6.54. The van der Waals surface area contributed by atoms with Crippen molar-refractivity contribution in [2.45, 2.75) is 43.4 Å². The summed E-state index contributed by atoms with van der Waals surface area (Å²) in [4.78, 5) is 58.0. The third-order valence-electron chi connectivity index (χ3n) is 6.15. The minimum absolute atomic E-state index is 0.00138. The molecule has 3 aromatic rings. The van der Waals surface area contributed by atoms with Crippen molar-refractivity contribution >= 4 is 36.3 Å². The first-order valence-corrected chi connectivity index (χ1v) is 13.2. The van der Waals surface area contributed by atoms with Gasteiger partial charge in [-0.3, -0.25) is 14.4 Å². The predicted octanol–water partition coefficient (Wildman–Crippen LogP) is -0.355. The fourth-order valence-corrected chi connectivity index (χ4v) is 4.04. The number of phenolic OH excluding ortho intramolecular Hbond substituents is 2. The van der Waals surface area contributed by atoms with Crippen molar-refractivity contribution in [2.24, 2.45) is 5.73 Å². The second kappa shape index (κ2) is 14.7. The Morgan fingerprint density at radius 3 is 1.66 bits per heavy atom. The number of amides is 3. The van der Waals surface area contributed by atoms with E-state index in [1.54, 1.807) is 24.3 Å². The number of aromatic hydroxyl groups is 2. The number of nitrogens with zero attached hydrogens (tertiary/aromatic N) is 1. The number of carboxylic acid groups (broad SMARTS) is 1. The molecule has 0 saturated carbocycles. The molecule has 1 heterocycles. The lowest BCUT2D eigenvalue weighted by molar-refractivity contribution is -0.142. The zero-order chi connectivity index (χ0) is 29.9. The molecule has 13 nitrogen and oxygen atoms in total. The minimum Gasteiger partial charge on any atom is -0.508 e. The van der Waals surface area contributed by atoms with Crippen LogP contribution >= 0.6 is 12.6 Å². The molecule has 9 N–H and O–H groups in total. The van der Waals surface area contributed by atoms with E-state index in [1.165, 1.54) is 36.8 Å². The van der Waals surface area contributed by atoms with Gasteiger partial charge in [-0.05, 0) is 35.4 Å². The van der Waals surface area contributed by atoms with Crippen LogP contribution in [0.2, 0.25) is 0 Å². The van der Waals surface area contributed by atoms with Crippen LogP contribution in [-0.2, 0) is 38.4 Å². The molecule has 41 heavy (non-hydrogen) atoms. The Morgan fingerprint density at radius 2 is 1.24 bits per heavy atom. The number of nitrogens with one attached hydrogen (secondary N) is 4. The fourth-order valence-electron chi connectivity index (χ4n) is 3.88. The highest BCUT2D eigenvalue weighted by Gasteiger charge is 2.31. The molecule has 2 aromatic carbocycles. The third kappa shape index (κ3) is 9.54. The van der Waals surface area contributed by atoms with Crippen molar-refractivity contribution in [1.29, 1.82) is 0 Å². The number of carbonyl (C=O) groups excluding carboxylic acids is 3. The Labute approximate surface area is 241 Å². The van der Waals surface area contributed by atoms with Crippen LogP contribution in [0.5, 0.6) is 11.5 Å². The number of rotatable bonds is 14. The van der Waals surface area contributed by atoms with E-state index in [-0.39, 0.29) is 36.5 Å². The van der Waals surface area contributed by atoms with Crippen LogP contribution in [0.15, 0.2) is 61.1 Å².